The molecule has 0 aromatic heterocycles. The van der Waals surface area contributed by atoms with Crippen LogP contribution < -0.4 is 9.47 Å². The number of carboxylic acids is 1. The van der Waals surface area contributed by atoms with Gasteiger partial charge in [0.05, 0.1) is 6.54 Å². The highest BCUT2D eigenvalue weighted by Crippen LogP contribution is 2.27. The van der Waals surface area contributed by atoms with E-state index in [0.29, 0.717) is 50.1 Å². The molecule has 1 aliphatic rings. The minimum Gasteiger partial charge on any atom is -0.492 e. The van der Waals surface area contributed by atoms with Crippen LogP contribution in [0.15, 0.2) is 36.4 Å². The lowest BCUT2D eigenvalue weighted by atomic mass is 10.1. The van der Waals surface area contributed by atoms with E-state index in [-0.39, 0.29) is 6.09 Å². The molecule has 3 rings (SSSR count). The molecule has 0 heterocycles. The molecule has 1 aliphatic carbocycles. The van der Waals surface area contributed by atoms with Crippen molar-refractivity contribution in [1.29, 1.82) is 0 Å². The third-order valence-corrected chi connectivity index (χ3v) is 6.82. The van der Waals surface area contributed by atoms with Gasteiger partial charge in [0, 0.05) is 19.6 Å². The van der Waals surface area contributed by atoms with Crippen molar-refractivity contribution in [2.24, 2.45) is 5.92 Å². The van der Waals surface area contributed by atoms with Crippen molar-refractivity contribution in [3.8, 4) is 11.5 Å². The van der Waals surface area contributed by atoms with Gasteiger partial charge in [-0.25, -0.2) is 9.59 Å². The Morgan fingerprint density at radius 3 is 2.33 bits per heavy atom. The summed E-state index contributed by atoms with van der Waals surface area (Å²) in [5, 5.41) is 9.28. The first-order chi connectivity index (χ1) is 17.3. The standard InChI is InChI=1S/C29H39NO6/c1-5-34-27(28(31)32)18-23-10-12-25(13-11-23)35-15-14-30(19-24-8-6-7-9-24)29(33)36-26-17-21(3)20(2)16-22(26)4/h10-13,16-17,24,27H,5-9,14-15,18-19H2,1-4H3,(H,31,32). The summed E-state index contributed by atoms with van der Waals surface area (Å²) in [4.78, 5) is 26.2. The number of carboxylic acid groups (broad SMARTS) is 1. The van der Waals surface area contributed by atoms with Gasteiger partial charge in [0.1, 0.15) is 18.1 Å². The van der Waals surface area contributed by atoms with Crippen LogP contribution in [0.3, 0.4) is 0 Å². The number of aliphatic carboxylic acids is 1. The van der Waals surface area contributed by atoms with E-state index in [0.717, 1.165) is 29.5 Å². The highest BCUT2D eigenvalue weighted by Gasteiger charge is 2.24. The lowest BCUT2D eigenvalue weighted by molar-refractivity contribution is -0.149. The van der Waals surface area contributed by atoms with E-state index in [4.69, 9.17) is 14.2 Å². The second-order valence-electron chi connectivity index (χ2n) is 9.65. The van der Waals surface area contributed by atoms with Crippen LogP contribution in [-0.2, 0) is 16.0 Å². The number of carbonyl (C=O) groups excluding carboxylic acids is 1. The summed E-state index contributed by atoms with van der Waals surface area (Å²) < 4.78 is 17.0. The summed E-state index contributed by atoms with van der Waals surface area (Å²) in [5.41, 5.74) is 4.07. The Balaban J connectivity index is 1.59. The van der Waals surface area contributed by atoms with Gasteiger partial charge in [-0.3, -0.25) is 0 Å². The number of aryl methyl sites for hydroxylation is 3. The second kappa shape index (κ2) is 13.3. The fourth-order valence-corrected chi connectivity index (χ4v) is 4.59. The maximum Gasteiger partial charge on any atom is 0.415 e. The Kier molecular flexibility index (Phi) is 10.2. The third-order valence-electron chi connectivity index (χ3n) is 6.82. The van der Waals surface area contributed by atoms with Crippen molar-refractivity contribution in [3.05, 3.63) is 58.7 Å². The molecule has 1 N–H and O–H groups in total. The molecule has 2 aromatic carbocycles. The first kappa shape index (κ1) is 27.5. The summed E-state index contributed by atoms with van der Waals surface area (Å²) in [6, 6.07) is 11.3. The van der Waals surface area contributed by atoms with Crippen molar-refractivity contribution >= 4 is 12.1 Å². The van der Waals surface area contributed by atoms with E-state index in [1.54, 1.807) is 11.8 Å². The molecule has 36 heavy (non-hydrogen) atoms. The second-order valence-corrected chi connectivity index (χ2v) is 9.65. The van der Waals surface area contributed by atoms with Crippen LogP contribution in [0.4, 0.5) is 4.79 Å². The highest BCUT2D eigenvalue weighted by atomic mass is 16.6. The molecular weight excluding hydrogens is 458 g/mol. The fourth-order valence-electron chi connectivity index (χ4n) is 4.59. The van der Waals surface area contributed by atoms with Gasteiger partial charge in [-0.1, -0.05) is 31.0 Å². The maximum absolute atomic E-state index is 13.1. The number of hydrogen-bond donors (Lipinski definition) is 1. The summed E-state index contributed by atoms with van der Waals surface area (Å²) in [6.45, 7) is 9.57. The van der Waals surface area contributed by atoms with Crippen LogP contribution in [-0.4, -0.2) is 54.5 Å². The molecule has 7 nitrogen and oxygen atoms in total. The Hall–Kier alpha value is -3.06. The average molecular weight is 498 g/mol. The predicted molar refractivity (Wildman–Crippen MR) is 139 cm³/mol. The summed E-state index contributed by atoms with van der Waals surface area (Å²) in [7, 11) is 0. The largest absolute Gasteiger partial charge is 0.492 e. The molecule has 1 amide bonds. The van der Waals surface area contributed by atoms with Crippen molar-refractivity contribution in [2.45, 2.75) is 65.9 Å². The maximum atomic E-state index is 13.1. The van der Waals surface area contributed by atoms with Gasteiger partial charge in [-0.15, -0.1) is 0 Å². The SMILES string of the molecule is CCOC(Cc1ccc(OCCN(CC2CCCC2)C(=O)Oc2cc(C)c(C)cc2C)cc1)C(=O)O. The Morgan fingerprint density at radius 1 is 1.03 bits per heavy atom. The van der Waals surface area contributed by atoms with E-state index < -0.39 is 12.1 Å². The van der Waals surface area contributed by atoms with E-state index in [1.807, 2.05) is 57.2 Å². The summed E-state index contributed by atoms with van der Waals surface area (Å²) in [6.07, 6.45) is 3.77. The van der Waals surface area contributed by atoms with E-state index in [2.05, 4.69) is 0 Å². The average Bonchev–Trinajstić information content (AvgIpc) is 3.36. The first-order valence-electron chi connectivity index (χ1n) is 12.9. The fraction of sp³-hybridized carbons (Fsp3) is 0.517. The minimum absolute atomic E-state index is 0.294. The van der Waals surface area contributed by atoms with Crippen molar-refractivity contribution in [2.75, 3.05) is 26.3 Å². The number of hydrogen-bond acceptors (Lipinski definition) is 5. The molecule has 7 heteroatoms. The Bertz CT molecular complexity index is 1010. The van der Waals surface area contributed by atoms with Gasteiger partial charge in [0.25, 0.3) is 0 Å². The molecule has 1 atom stereocenters. The number of carbonyl (C=O) groups is 2. The van der Waals surface area contributed by atoms with Crippen LogP contribution in [0, 0.1) is 26.7 Å². The quantitative estimate of drug-likeness (QED) is 0.404. The Morgan fingerprint density at radius 2 is 1.69 bits per heavy atom. The van der Waals surface area contributed by atoms with Gasteiger partial charge >= 0.3 is 12.1 Å². The Labute approximate surface area is 214 Å². The monoisotopic (exact) mass is 497 g/mol. The molecule has 0 saturated heterocycles. The van der Waals surface area contributed by atoms with E-state index in [9.17, 15) is 14.7 Å². The van der Waals surface area contributed by atoms with Crippen LogP contribution >= 0.6 is 0 Å². The summed E-state index contributed by atoms with van der Waals surface area (Å²) >= 11 is 0. The van der Waals surface area contributed by atoms with Crippen LogP contribution in [0.25, 0.3) is 0 Å². The molecule has 0 spiro atoms. The number of amides is 1. The smallest absolute Gasteiger partial charge is 0.415 e. The molecule has 0 bridgehead atoms. The van der Waals surface area contributed by atoms with Crippen LogP contribution in [0.5, 0.6) is 11.5 Å². The molecule has 1 saturated carbocycles. The lowest BCUT2D eigenvalue weighted by Crippen LogP contribution is -2.39. The van der Waals surface area contributed by atoms with E-state index >= 15 is 0 Å². The zero-order valence-corrected chi connectivity index (χ0v) is 21.9. The molecule has 2 aromatic rings. The topological polar surface area (TPSA) is 85.3 Å². The zero-order chi connectivity index (χ0) is 26.1. The van der Waals surface area contributed by atoms with Gasteiger partial charge in [-0.05, 0) is 86.9 Å². The number of benzene rings is 2. The molecule has 0 radical (unpaired) electrons. The van der Waals surface area contributed by atoms with Gasteiger partial charge < -0.3 is 24.2 Å². The normalized spacial score (nSPS) is 14.4. The zero-order valence-electron chi connectivity index (χ0n) is 21.9. The molecule has 0 aliphatic heterocycles. The van der Waals surface area contributed by atoms with Gasteiger partial charge in [0.15, 0.2) is 6.10 Å². The van der Waals surface area contributed by atoms with Gasteiger partial charge in [-0.2, -0.15) is 0 Å². The van der Waals surface area contributed by atoms with Gasteiger partial charge in [0.2, 0.25) is 0 Å². The number of nitrogens with zero attached hydrogens (tertiary/aromatic N) is 1. The van der Waals surface area contributed by atoms with Crippen molar-refractivity contribution < 1.29 is 28.9 Å². The van der Waals surface area contributed by atoms with Crippen LogP contribution in [0.2, 0.25) is 0 Å². The minimum atomic E-state index is -0.970. The third kappa shape index (κ3) is 7.98. The van der Waals surface area contributed by atoms with Crippen molar-refractivity contribution in [3.63, 3.8) is 0 Å². The molecular formula is C29H39NO6. The van der Waals surface area contributed by atoms with Crippen LogP contribution in [0.1, 0.15) is 54.9 Å². The molecule has 1 fully saturated rings. The first-order valence-corrected chi connectivity index (χ1v) is 12.9. The molecule has 1 unspecified atom stereocenters. The highest BCUT2D eigenvalue weighted by molar-refractivity contribution is 5.73. The lowest BCUT2D eigenvalue weighted by Gasteiger charge is -2.25. The molecule has 196 valence electrons. The van der Waals surface area contributed by atoms with Crippen molar-refractivity contribution in [1.82, 2.24) is 4.90 Å². The number of ether oxygens (including phenoxy) is 3. The number of rotatable bonds is 12. The predicted octanol–water partition coefficient (Wildman–Crippen LogP) is 5.71. The summed E-state index contributed by atoms with van der Waals surface area (Å²) in [5.74, 6) is 0.789. The van der Waals surface area contributed by atoms with E-state index in [1.165, 1.54) is 18.4 Å².